The second-order valence-electron chi connectivity index (χ2n) is 12.5. The van der Waals surface area contributed by atoms with Gasteiger partial charge in [0.25, 0.3) is 0 Å². The van der Waals surface area contributed by atoms with Gasteiger partial charge in [0.1, 0.15) is 6.61 Å². The molecule has 0 spiro atoms. The SMILES string of the molecule is CCCCCCCC/C=C\CCCCCCCC(=O)OC/C=C(C)/C=C/C=C(C)/C=C/C1=C(C)CCCC1(C)C. The monoisotopic (exact) mass is 550 g/mol. The van der Waals surface area contributed by atoms with Gasteiger partial charge < -0.3 is 4.74 Å². The maximum atomic E-state index is 12.0. The summed E-state index contributed by atoms with van der Waals surface area (Å²) < 4.78 is 5.40. The third kappa shape index (κ3) is 18.3. The van der Waals surface area contributed by atoms with E-state index in [1.54, 1.807) is 0 Å². The van der Waals surface area contributed by atoms with Gasteiger partial charge in [-0.15, -0.1) is 0 Å². The molecule has 0 aromatic rings. The van der Waals surface area contributed by atoms with Crippen LogP contribution in [0.5, 0.6) is 0 Å². The van der Waals surface area contributed by atoms with Crippen LogP contribution >= 0.6 is 0 Å². The Bertz CT molecular complexity index is 875. The number of hydrogen-bond acceptors (Lipinski definition) is 2. The van der Waals surface area contributed by atoms with Crippen LogP contribution in [-0.2, 0) is 9.53 Å². The molecule has 0 aromatic carbocycles. The van der Waals surface area contributed by atoms with Gasteiger partial charge in [0.2, 0.25) is 0 Å². The molecule has 0 bridgehead atoms. The van der Waals surface area contributed by atoms with Crippen molar-refractivity contribution >= 4 is 5.97 Å². The van der Waals surface area contributed by atoms with Crippen molar-refractivity contribution in [3.05, 3.63) is 70.9 Å². The Kier molecular flexibility index (Phi) is 20.3. The van der Waals surface area contributed by atoms with Crippen molar-refractivity contribution in [2.75, 3.05) is 6.61 Å². The van der Waals surface area contributed by atoms with Crippen molar-refractivity contribution in [1.29, 1.82) is 0 Å². The van der Waals surface area contributed by atoms with E-state index in [1.165, 1.54) is 107 Å². The summed E-state index contributed by atoms with van der Waals surface area (Å²) in [6, 6.07) is 0. The minimum absolute atomic E-state index is 0.0817. The summed E-state index contributed by atoms with van der Waals surface area (Å²) in [7, 11) is 0. The van der Waals surface area contributed by atoms with Crippen LogP contribution in [0.2, 0.25) is 0 Å². The van der Waals surface area contributed by atoms with Crippen molar-refractivity contribution in [1.82, 2.24) is 0 Å². The highest BCUT2D eigenvalue weighted by Gasteiger charge is 2.26. The Morgan fingerprint density at radius 1 is 0.850 bits per heavy atom. The first-order valence-corrected chi connectivity index (χ1v) is 16.5. The molecule has 0 N–H and O–H groups in total. The Morgan fingerprint density at radius 3 is 2.12 bits per heavy atom. The fourth-order valence-electron chi connectivity index (χ4n) is 5.38. The van der Waals surface area contributed by atoms with E-state index in [0.29, 0.717) is 13.0 Å². The molecule has 0 radical (unpaired) electrons. The predicted octanol–water partition coefficient (Wildman–Crippen LogP) is 12.1. The molecule has 0 unspecified atom stereocenters. The minimum atomic E-state index is -0.0817. The number of carbonyl (C=O) groups is 1. The highest BCUT2D eigenvalue weighted by Crippen LogP contribution is 2.40. The van der Waals surface area contributed by atoms with Crippen LogP contribution in [0.15, 0.2) is 70.9 Å². The van der Waals surface area contributed by atoms with Crippen LogP contribution in [0.3, 0.4) is 0 Å². The molecule has 0 fully saturated rings. The van der Waals surface area contributed by atoms with E-state index in [-0.39, 0.29) is 11.4 Å². The first kappa shape index (κ1) is 35.9. The molecule has 1 rings (SSSR count). The Hall–Kier alpha value is -2.09. The molecule has 226 valence electrons. The second kappa shape index (κ2) is 22.6. The normalized spacial score (nSPS) is 16.6. The molecule has 0 amide bonds. The molecule has 0 aromatic heterocycles. The summed E-state index contributed by atoms with van der Waals surface area (Å²) in [5.41, 5.74) is 5.64. The maximum absolute atomic E-state index is 12.0. The number of esters is 1. The van der Waals surface area contributed by atoms with Gasteiger partial charge in [-0.05, 0) is 89.2 Å². The van der Waals surface area contributed by atoms with Crippen LogP contribution in [0.25, 0.3) is 0 Å². The van der Waals surface area contributed by atoms with E-state index in [2.05, 4.69) is 77.2 Å². The molecule has 0 saturated heterocycles. The molecule has 2 heteroatoms. The van der Waals surface area contributed by atoms with Gasteiger partial charge in [-0.2, -0.15) is 0 Å². The highest BCUT2D eigenvalue weighted by molar-refractivity contribution is 5.69. The van der Waals surface area contributed by atoms with Crippen molar-refractivity contribution < 1.29 is 9.53 Å². The first-order chi connectivity index (χ1) is 19.3. The summed E-state index contributed by atoms with van der Waals surface area (Å²) in [6.45, 7) is 13.8. The zero-order valence-electron chi connectivity index (χ0n) is 27.2. The number of carbonyl (C=O) groups excluding carboxylic acids is 1. The minimum Gasteiger partial charge on any atom is -0.461 e. The first-order valence-electron chi connectivity index (χ1n) is 16.5. The number of ether oxygens (including phenoxy) is 1. The standard InChI is InChI=1S/C38H62O2/c1-7-8-9-10-11-12-13-14-15-16-17-18-19-20-21-27-37(39)40-32-30-34(3)25-22-24-33(2)28-29-36-35(4)26-23-31-38(36,5)6/h14-15,22,24-25,28-30H,7-13,16-21,23,26-27,31-32H2,1-6H3/b15-14-,25-22+,29-28+,33-24+,34-30+. The van der Waals surface area contributed by atoms with E-state index in [1.807, 2.05) is 13.0 Å². The Morgan fingerprint density at radius 2 is 1.48 bits per heavy atom. The van der Waals surface area contributed by atoms with E-state index < -0.39 is 0 Å². The molecule has 0 aliphatic heterocycles. The highest BCUT2D eigenvalue weighted by atomic mass is 16.5. The third-order valence-corrected chi connectivity index (χ3v) is 8.07. The topological polar surface area (TPSA) is 26.3 Å². The summed E-state index contributed by atoms with van der Waals surface area (Å²) >= 11 is 0. The fraction of sp³-hybridized carbons (Fsp3) is 0.658. The lowest BCUT2D eigenvalue weighted by Gasteiger charge is -2.32. The summed E-state index contributed by atoms with van der Waals surface area (Å²) in [6.07, 6.45) is 38.3. The van der Waals surface area contributed by atoms with Crippen molar-refractivity contribution in [2.45, 2.75) is 151 Å². The molecule has 1 aliphatic carbocycles. The zero-order valence-corrected chi connectivity index (χ0v) is 27.2. The van der Waals surface area contributed by atoms with Gasteiger partial charge >= 0.3 is 5.97 Å². The average molecular weight is 551 g/mol. The Balaban J connectivity index is 2.11. The lowest BCUT2D eigenvalue weighted by molar-refractivity contribution is -0.142. The molecule has 0 atom stereocenters. The average Bonchev–Trinajstić information content (AvgIpc) is 2.90. The predicted molar refractivity (Wildman–Crippen MR) is 177 cm³/mol. The van der Waals surface area contributed by atoms with Crippen molar-refractivity contribution in [3.8, 4) is 0 Å². The summed E-state index contributed by atoms with van der Waals surface area (Å²) in [5.74, 6) is -0.0817. The summed E-state index contributed by atoms with van der Waals surface area (Å²) in [4.78, 5) is 12.0. The van der Waals surface area contributed by atoms with Crippen LogP contribution in [0, 0.1) is 5.41 Å². The molecule has 2 nitrogen and oxygen atoms in total. The fourth-order valence-corrected chi connectivity index (χ4v) is 5.38. The second-order valence-corrected chi connectivity index (χ2v) is 12.5. The van der Waals surface area contributed by atoms with Gasteiger partial charge in [-0.1, -0.05) is 131 Å². The largest absolute Gasteiger partial charge is 0.461 e. The number of hydrogen-bond donors (Lipinski definition) is 0. The molecule has 0 heterocycles. The quantitative estimate of drug-likeness (QED) is 0.0615. The van der Waals surface area contributed by atoms with E-state index >= 15 is 0 Å². The molecule has 40 heavy (non-hydrogen) atoms. The number of unbranched alkanes of at least 4 members (excludes halogenated alkanes) is 11. The van der Waals surface area contributed by atoms with Gasteiger partial charge in [0.05, 0.1) is 0 Å². The lowest BCUT2D eigenvalue weighted by atomic mass is 9.72. The van der Waals surface area contributed by atoms with Crippen LogP contribution in [0.1, 0.15) is 151 Å². The maximum Gasteiger partial charge on any atom is 0.306 e. The van der Waals surface area contributed by atoms with Gasteiger partial charge in [0.15, 0.2) is 0 Å². The molecule has 1 aliphatic rings. The third-order valence-electron chi connectivity index (χ3n) is 8.07. The summed E-state index contributed by atoms with van der Waals surface area (Å²) in [5, 5.41) is 0. The number of rotatable bonds is 21. The molecular formula is C38H62O2. The van der Waals surface area contributed by atoms with Crippen LogP contribution in [-0.4, -0.2) is 12.6 Å². The number of allylic oxidation sites excluding steroid dienone is 11. The van der Waals surface area contributed by atoms with E-state index in [0.717, 1.165) is 18.4 Å². The Labute approximate surface area is 248 Å². The van der Waals surface area contributed by atoms with Gasteiger partial charge in [-0.25, -0.2) is 0 Å². The zero-order chi connectivity index (χ0) is 29.5. The molecular weight excluding hydrogens is 488 g/mol. The lowest BCUT2D eigenvalue weighted by Crippen LogP contribution is -2.19. The van der Waals surface area contributed by atoms with Gasteiger partial charge in [-0.3, -0.25) is 4.79 Å². The molecule has 0 saturated carbocycles. The van der Waals surface area contributed by atoms with Crippen molar-refractivity contribution in [2.24, 2.45) is 5.41 Å². The van der Waals surface area contributed by atoms with Crippen LogP contribution < -0.4 is 0 Å². The smallest absolute Gasteiger partial charge is 0.306 e. The van der Waals surface area contributed by atoms with E-state index in [4.69, 9.17) is 4.74 Å². The van der Waals surface area contributed by atoms with Crippen LogP contribution in [0.4, 0.5) is 0 Å². The van der Waals surface area contributed by atoms with Gasteiger partial charge in [0, 0.05) is 6.42 Å². The van der Waals surface area contributed by atoms with Crippen molar-refractivity contribution in [3.63, 3.8) is 0 Å². The van der Waals surface area contributed by atoms with E-state index in [9.17, 15) is 4.79 Å².